The Bertz CT molecular complexity index is 1150. The van der Waals surface area contributed by atoms with Crippen molar-refractivity contribution >= 4 is 17.6 Å². The first-order chi connectivity index (χ1) is 14.3. The molecule has 4 rings (SSSR count). The number of aryl methyl sites for hydroxylation is 1. The largest absolute Gasteiger partial charge is 0.444 e. The molecule has 0 radical (unpaired) electrons. The van der Waals surface area contributed by atoms with Gasteiger partial charge in [0.2, 0.25) is 5.89 Å². The summed E-state index contributed by atoms with van der Waals surface area (Å²) in [6, 6.07) is 12.7. The third-order valence-corrected chi connectivity index (χ3v) is 5.08. The first kappa shape index (κ1) is 19.3. The van der Waals surface area contributed by atoms with Crippen molar-refractivity contribution in [2.24, 2.45) is 0 Å². The van der Waals surface area contributed by atoms with Gasteiger partial charge in [-0.1, -0.05) is 29.8 Å². The van der Waals surface area contributed by atoms with Crippen LogP contribution in [-0.2, 0) is 16.9 Å². The number of rotatable bonds is 5. The van der Waals surface area contributed by atoms with Crippen LogP contribution in [-0.4, -0.2) is 26.7 Å². The van der Waals surface area contributed by atoms with Crippen LogP contribution in [0.25, 0.3) is 11.5 Å². The Morgan fingerprint density at radius 3 is 2.63 bits per heavy atom. The predicted octanol–water partition coefficient (Wildman–Crippen LogP) is 3.53. The molecule has 0 bridgehead atoms. The minimum absolute atomic E-state index is 0.0788. The number of nitrogens with zero attached hydrogens (tertiary/aromatic N) is 3. The topological polar surface area (TPSA) is 119 Å². The minimum Gasteiger partial charge on any atom is -0.444 e. The Kier molecular flexibility index (Phi) is 4.57. The zero-order valence-corrected chi connectivity index (χ0v) is 16.3. The summed E-state index contributed by atoms with van der Waals surface area (Å²) < 4.78 is 5.49. The summed E-state index contributed by atoms with van der Waals surface area (Å²) >= 11 is 0. The Morgan fingerprint density at radius 2 is 1.93 bits per heavy atom. The van der Waals surface area contributed by atoms with E-state index in [4.69, 9.17) is 4.42 Å². The molecule has 9 nitrogen and oxygen atoms in total. The van der Waals surface area contributed by atoms with Gasteiger partial charge in [-0.3, -0.25) is 19.8 Å². The normalized spacial score (nSPS) is 18.5. The molecule has 1 saturated heterocycles. The average molecular weight is 406 g/mol. The summed E-state index contributed by atoms with van der Waals surface area (Å²) in [6.45, 7) is 3.41. The van der Waals surface area contributed by atoms with Gasteiger partial charge in [-0.05, 0) is 31.5 Å². The van der Waals surface area contributed by atoms with Crippen LogP contribution in [0.2, 0.25) is 0 Å². The summed E-state index contributed by atoms with van der Waals surface area (Å²) in [5.41, 5.74) is 1.06. The van der Waals surface area contributed by atoms with Crippen molar-refractivity contribution in [1.82, 2.24) is 15.2 Å². The van der Waals surface area contributed by atoms with E-state index in [1.165, 1.54) is 31.4 Å². The van der Waals surface area contributed by atoms with E-state index in [-0.39, 0.29) is 12.2 Å². The first-order valence-electron chi connectivity index (χ1n) is 9.18. The molecule has 1 aliphatic rings. The van der Waals surface area contributed by atoms with Crippen molar-refractivity contribution in [3.8, 4) is 11.5 Å². The maximum Gasteiger partial charge on any atom is 0.325 e. The molecule has 3 amide bonds. The van der Waals surface area contributed by atoms with Crippen LogP contribution >= 0.6 is 0 Å². The Hall–Kier alpha value is -4.01. The summed E-state index contributed by atoms with van der Waals surface area (Å²) in [7, 11) is 0. The molecular formula is C21H18N4O5. The molecule has 1 unspecified atom stereocenters. The van der Waals surface area contributed by atoms with Crippen molar-refractivity contribution in [3.63, 3.8) is 0 Å². The van der Waals surface area contributed by atoms with Gasteiger partial charge in [0.1, 0.15) is 11.8 Å². The van der Waals surface area contributed by atoms with Gasteiger partial charge in [0.05, 0.1) is 17.2 Å². The molecule has 152 valence electrons. The fourth-order valence-corrected chi connectivity index (χ4v) is 3.34. The fraction of sp³-hybridized carbons (Fsp3) is 0.190. The number of imide groups is 1. The molecule has 0 aliphatic carbocycles. The van der Waals surface area contributed by atoms with Crippen molar-refractivity contribution < 1.29 is 18.9 Å². The van der Waals surface area contributed by atoms with Gasteiger partial charge in [-0.25, -0.2) is 9.78 Å². The smallest absolute Gasteiger partial charge is 0.325 e. The minimum atomic E-state index is -1.41. The first-order valence-corrected chi connectivity index (χ1v) is 9.18. The number of nitro groups is 1. The maximum absolute atomic E-state index is 13.1. The van der Waals surface area contributed by atoms with E-state index in [0.717, 1.165) is 16.0 Å². The summed E-state index contributed by atoms with van der Waals surface area (Å²) in [4.78, 5) is 41.5. The number of non-ortho nitro benzene ring substituents is 1. The highest BCUT2D eigenvalue weighted by atomic mass is 16.6. The number of benzene rings is 2. The van der Waals surface area contributed by atoms with Gasteiger partial charge in [0.15, 0.2) is 0 Å². The number of nitro benzene ring substituents is 1. The third kappa shape index (κ3) is 3.30. The number of nitrogens with one attached hydrogen (secondary N) is 1. The maximum atomic E-state index is 13.1. The van der Waals surface area contributed by atoms with Crippen molar-refractivity contribution in [3.05, 3.63) is 81.7 Å². The van der Waals surface area contributed by atoms with Crippen LogP contribution in [0.1, 0.15) is 23.7 Å². The van der Waals surface area contributed by atoms with Crippen LogP contribution in [0, 0.1) is 17.0 Å². The second kappa shape index (κ2) is 7.11. The van der Waals surface area contributed by atoms with Gasteiger partial charge < -0.3 is 9.73 Å². The number of carbonyl (C=O) groups excluding carboxylic acids is 2. The van der Waals surface area contributed by atoms with E-state index in [9.17, 15) is 19.7 Å². The van der Waals surface area contributed by atoms with Crippen LogP contribution in [0.5, 0.6) is 0 Å². The molecule has 0 spiro atoms. The van der Waals surface area contributed by atoms with E-state index in [1.807, 2.05) is 31.2 Å². The Balaban J connectivity index is 1.57. The molecule has 2 heterocycles. The lowest BCUT2D eigenvalue weighted by atomic mass is 9.91. The Labute approximate surface area is 171 Å². The van der Waals surface area contributed by atoms with E-state index in [2.05, 4.69) is 10.3 Å². The van der Waals surface area contributed by atoms with Gasteiger partial charge in [0.25, 0.3) is 11.6 Å². The third-order valence-electron chi connectivity index (χ3n) is 5.08. The van der Waals surface area contributed by atoms with Gasteiger partial charge in [-0.15, -0.1) is 0 Å². The number of hydrogen-bond acceptors (Lipinski definition) is 6. The molecule has 30 heavy (non-hydrogen) atoms. The van der Waals surface area contributed by atoms with Gasteiger partial charge in [-0.2, -0.15) is 0 Å². The summed E-state index contributed by atoms with van der Waals surface area (Å²) in [6.07, 6.45) is 1.40. The van der Waals surface area contributed by atoms with E-state index in [1.54, 1.807) is 6.07 Å². The molecule has 1 aliphatic heterocycles. The Morgan fingerprint density at radius 1 is 1.20 bits per heavy atom. The lowest BCUT2D eigenvalue weighted by Gasteiger charge is -2.21. The lowest BCUT2D eigenvalue weighted by molar-refractivity contribution is -0.385. The number of carbonyl (C=O) groups is 2. The average Bonchev–Trinajstić information content (AvgIpc) is 3.28. The molecule has 3 aromatic rings. The molecule has 0 saturated carbocycles. The predicted molar refractivity (Wildman–Crippen MR) is 106 cm³/mol. The van der Waals surface area contributed by atoms with Gasteiger partial charge in [0, 0.05) is 17.7 Å². The quantitative estimate of drug-likeness (QED) is 0.393. The number of amides is 3. The van der Waals surface area contributed by atoms with Crippen molar-refractivity contribution in [2.45, 2.75) is 25.9 Å². The van der Waals surface area contributed by atoms with E-state index >= 15 is 0 Å². The molecule has 1 fully saturated rings. The molecular weight excluding hydrogens is 388 g/mol. The standard InChI is InChI=1S/C21H18N4O5/c1-13-6-8-14(9-7-13)18-22-16(12-30-18)11-24-19(26)21(2,23-20(24)27)15-4-3-5-17(10-15)25(28)29/h3-10,12H,11H2,1-2H3,(H,23,27). The van der Waals surface area contributed by atoms with Crippen molar-refractivity contribution in [1.29, 1.82) is 0 Å². The van der Waals surface area contributed by atoms with Crippen LogP contribution in [0.3, 0.4) is 0 Å². The molecule has 9 heteroatoms. The van der Waals surface area contributed by atoms with Gasteiger partial charge >= 0.3 is 6.03 Å². The number of oxazole rings is 1. The van der Waals surface area contributed by atoms with Crippen LogP contribution in [0.15, 0.2) is 59.2 Å². The SMILES string of the molecule is Cc1ccc(-c2nc(CN3C(=O)NC(C)(c4cccc([N+](=O)[O-])c4)C3=O)co2)cc1. The van der Waals surface area contributed by atoms with E-state index < -0.39 is 22.4 Å². The zero-order chi connectivity index (χ0) is 21.5. The monoisotopic (exact) mass is 406 g/mol. The van der Waals surface area contributed by atoms with Crippen molar-refractivity contribution in [2.75, 3.05) is 0 Å². The molecule has 1 aromatic heterocycles. The molecule has 2 aromatic carbocycles. The van der Waals surface area contributed by atoms with E-state index in [0.29, 0.717) is 17.1 Å². The second-order valence-electron chi connectivity index (χ2n) is 7.26. The highest BCUT2D eigenvalue weighted by molar-refractivity contribution is 6.07. The van der Waals surface area contributed by atoms with Crippen LogP contribution in [0.4, 0.5) is 10.5 Å². The lowest BCUT2D eigenvalue weighted by Crippen LogP contribution is -2.40. The summed E-state index contributed by atoms with van der Waals surface area (Å²) in [5.74, 6) is -0.133. The second-order valence-corrected chi connectivity index (χ2v) is 7.26. The molecule has 1 N–H and O–H groups in total. The zero-order valence-electron chi connectivity index (χ0n) is 16.3. The number of hydrogen-bond donors (Lipinski definition) is 1. The highest BCUT2D eigenvalue weighted by Gasteiger charge is 2.49. The summed E-state index contributed by atoms with van der Waals surface area (Å²) in [5, 5.41) is 13.7. The number of aromatic nitrogens is 1. The molecule has 1 atom stereocenters. The number of urea groups is 1. The van der Waals surface area contributed by atoms with Crippen LogP contribution < -0.4 is 5.32 Å². The highest BCUT2D eigenvalue weighted by Crippen LogP contribution is 2.32. The fourth-order valence-electron chi connectivity index (χ4n) is 3.34.